The van der Waals surface area contributed by atoms with Gasteiger partial charge in [0.05, 0.1) is 5.76 Å². The monoisotopic (exact) mass is 205 g/mol. The normalized spacial score (nSPS) is 10.8. The SMILES string of the molecule is C=C(C)OC(=O)NC(C)(C)CCCl. The lowest BCUT2D eigenvalue weighted by atomic mass is 10.0. The highest BCUT2D eigenvalue weighted by Gasteiger charge is 2.20. The molecule has 1 N–H and O–H groups in total. The zero-order chi connectivity index (χ0) is 10.5. The number of nitrogens with one attached hydrogen (secondary N) is 1. The quantitative estimate of drug-likeness (QED) is 0.566. The molecule has 0 aromatic carbocycles. The third kappa shape index (κ3) is 6.46. The van der Waals surface area contributed by atoms with E-state index in [4.69, 9.17) is 16.3 Å². The molecule has 0 aromatic heterocycles. The number of carbonyl (C=O) groups is 1. The van der Waals surface area contributed by atoms with Gasteiger partial charge in [0.25, 0.3) is 0 Å². The number of amides is 1. The molecule has 0 atom stereocenters. The Kier molecular flexibility index (Phi) is 4.85. The number of hydrogen-bond donors (Lipinski definition) is 1. The van der Waals surface area contributed by atoms with Crippen LogP contribution < -0.4 is 5.32 Å². The molecule has 0 heterocycles. The molecule has 0 fully saturated rings. The Hall–Kier alpha value is -0.700. The van der Waals surface area contributed by atoms with Crippen LogP contribution in [0.5, 0.6) is 0 Å². The number of alkyl halides is 1. The first-order valence-corrected chi connectivity index (χ1v) is 4.62. The third-order valence-electron chi connectivity index (χ3n) is 1.43. The Morgan fingerprint density at radius 1 is 1.62 bits per heavy atom. The summed E-state index contributed by atoms with van der Waals surface area (Å²) in [6.07, 6.45) is 0.211. The van der Waals surface area contributed by atoms with E-state index in [9.17, 15) is 4.79 Å². The highest BCUT2D eigenvalue weighted by atomic mass is 35.5. The Morgan fingerprint density at radius 2 is 2.15 bits per heavy atom. The van der Waals surface area contributed by atoms with Crippen LogP contribution in [0.3, 0.4) is 0 Å². The van der Waals surface area contributed by atoms with Crippen molar-refractivity contribution in [1.29, 1.82) is 0 Å². The summed E-state index contributed by atoms with van der Waals surface area (Å²) in [7, 11) is 0. The van der Waals surface area contributed by atoms with Crippen LogP contribution in [0.1, 0.15) is 27.2 Å². The van der Waals surface area contributed by atoms with Crippen LogP contribution in [0.25, 0.3) is 0 Å². The lowest BCUT2D eigenvalue weighted by Gasteiger charge is -2.24. The topological polar surface area (TPSA) is 38.3 Å². The van der Waals surface area contributed by atoms with Gasteiger partial charge in [-0.3, -0.25) is 0 Å². The molecule has 0 unspecified atom stereocenters. The molecule has 0 aliphatic heterocycles. The van der Waals surface area contributed by atoms with Crippen molar-refractivity contribution in [2.75, 3.05) is 5.88 Å². The van der Waals surface area contributed by atoms with Crippen molar-refractivity contribution in [2.24, 2.45) is 0 Å². The predicted octanol–water partition coefficient (Wildman–Crippen LogP) is 2.65. The van der Waals surface area contributed by atoms with E-state index in [0.29, 0.717) is 18.1 Å². The smallest absolute Gasteiger partial charge is 0.412 e. The fourth-order valence-electron chi connectivity index (χ4n) is 0.759. The second-order valence-corrected chi connectivity index (χ2v) is 3.92. The summed E-state index contributed by atoms with van der Waals surface area (Å²) in [5, 5.41) is 2.68. The first kappa shape index (κ1) is 12.3. The Balaban J connectivity index is 3.96. The molecule has 0 saturated carbocycles. The van der Waals surface area contributed by atoms with Crippen LogP contribution in [0.15, 0.2) is 12.3 Å². The van der Waals surface area contributed by atoms with E-state index in [1.165, 1.54) is 0 Å². The molecule has 0 rings (SSSR count). The molecule has 0 aromatic rings. The van der Waals surface area contributed by atoms with E-state index in [1.807, 2.05) is 13.8 Å². The molecule has 0 saturated heterocycles. The number of ether oxygens (including phenoxy) is 1. The summed E-state index contributed by atoms with van der Waals surface area (Å²) in [4.78, 5) is 11.1. The van der Waals surface area contributed by atoms with E-state index < -0.39 is 6.09 Å². The first-order valence-electron chi connectivity index (χ1n) is 4.09. The van der Waals surface area contributed by atoms with E-state index in [0.717, 1.165) is 0 Å². The Morgan fingerprint density at radius 3 is 2.54 bits per heavy atom. The molecule has 4 heteroatoms. The molecule has 0 radical (unpaired) electrons. The van der Waals surface area contributed by atoms with Crippen molar-refractivity contribution < 1.29 is 9.53 Å². The predicted molar refractivity (Wildman–Crippen MR) is 53.8 cm³/mol. The van der Waals surface area contributed by atoms with Crippen LogP contribution in [-0.2, 0) is 4.74 Å². The summed E-state index contributed by atoms with van der Waals surface area (Å²) < 4.78 is 4.74. The lowest BCUT2D eigenvalue weighted by Crippen LogP contribution is -2.43. The van der Waals surface area contributed by atoms with Crippen LogP contribution >= 0.6 is 11.6 Å². The van der Waals surface area contributed by atoms with Crippen LogP contribution in [-0.4, -0.2) is 17.5 Å². The van der Waals surface area contributed by atoms with Crippen LogP contribution in [0.2, 0.25) is 0 Å². The maximum atomic E-state index is 11.1. The second kappa shape index (κ2) is 5.12. The van der Waals surface area contributed by atoms with Crippen LogP contribution in [0, 0.1) is 0 Å². The molecule has 13 heavy (non-hydrogen) atoms. The molecule has 1 amide bonds. The van der Waals surface area contributed by atoms with Gasteiger partial charge < -0.3 is 10.1 Å². The average Bonchev–Trinajstić information content (AvgIpc) is 1.81. The first-order chi connectivity index (χ1) is 5.87. The zero-order valence-corrected chi connectivity index (χ0v) is 9.07. The molecule has 0 bridgehead atoms. The molecule has 3 nitrogen and oxygen atoms in total. The standard InChI is InChI=1S/C9H16ClNO2/c1-7(2)13-8(12)11-9(3,4)5-6-10/h1,5-6H2,2-4H3,(H,11,12). The number of halogens is 1. The maximum absolute atomic E-state index is 11.1. The number of hydrogen-bond acceptors (Lipinski definition) is 2. The van der Waals surface area contributed by atoms with E-state index >= 15 is 0 Å². The Labute approximate surface area is 84.1 Å². The molecule has 0 spiro atoms. The van der Waals surface area contributed by atoms with Gasteiger partial charge in [-0.05, 0) is 27.2 Å². The van der Waals surface area contributed by atoms with Crippen LogP contribution in [0.4, 0.5) is 4.79 Å². The minimum Gasteiger partial charge on any atom is -0.416 e. The van der Waals surface area contributed by atoms with Crippen molar-refractivity contribution >= 4 is 17.7 Å². The maximum Gasteiger partial charge on any atom is 0.412 e. The fourth-order valence-corrected chi connectivity index (χ4v) is 1.23. The van der Waals surface area contributed by atoms with E-state index in [2.05, 4.69) is 11.9 Å². The minimum absolute atomic E-state index is 0.339. The van der Waals surface area contributed by atoms with Gasteiger partial charge >= 0.3 is 6.09 Å². The van der Waals surface area contributed by atoms with Crippen molar-refractivity contribution in [3.63, 3.8) is 0 Å². The molecule has 76 valence electrons. The van der Waals surface area contributed by atoms with Gasteiger partial charge in [0.2, 0.25) is 0 Å². The summed E-state index contributed by atoms with van der Waals surface area (Å²) >= 11 is 5.57. The summed E-state index contributed by atoms with van der Waals surface area (Å²) in [6.45, 7) is 8.85. The summed E-state index contributed by atoms with van der Waals surface area (Å²) in [6, 6.07) is 0. The molecule has 0 aliphatic rings. The number of allylic oxidation sites excluding steroid dienone is 1. The van der Waals surface area contributed by atoms with Gasteiger partial charge in [0, 0.05) is 11.4 Å². The third-order valence-corrected chi connectivity index (χ3v) is 1.62. The van der Waals surface area contributed by atoms with Gasteiger partial charge in [-0.15, -0.1) is 11.6 Å². The van der Waals surface area contributed by atoms with Crippen molar-refractivity contribution in [1.82, 2.24) is 5.32 Å². The second-order valence-electron chi connectivity index (χ2n) is 3.54. The zero-order valence-electron chi connectivity index (χ0n) is 8.32. The number of rotatable bonds is 4. The lowest BCUT2D eigenvalue weighted by molar-refractivity contribution is 0.164. The summed E-state index contributed by atoms with van der Waals surface area (Å²) in [5.41, 5.74) is -0.339. The molecule has 0 aliphatic carbocycles. The minimum atomic E-state index is -0.484. The van der Waals surface area contributed by atoms with Gasteiger partial charge in [-0.2, -0.15) is 0 Å². The van der Waals surface area contributed by atoms with E-state index in [-0.39, 0.29) is 5.54 Å². The highest BCUT2D eigenvalue weighted by molar-refractivity contribution is 6.17. The van der Waals surface area contributed by atoms with Crippen molar-refractivity contribution in [3.8, 4) is 0 Å². The molecular weight excluding hydrogens is 190 g/mol. The fraction of sp³-hybridized carbons (Fsp3) is 0.667. The van der Waals surface area contributed by atoms with Crippen molar-refractivity contribution in [2.45, 2.75) is 32.7 Å². The Bertz CT molecular complexity index is 202. The van der Waals surface area contributed by atoms with Gasteiger partial charge in [0.15, 0.2) is 0 Å². The summed E-state index contributed by atoms with van der Waals surface area (Å²) in [5.74, 6) is 0.875. The average molecular weight is 206 g/mol. The van der Waals surface area contributed by atoms with Gasteiger partial charge in [0.1, 0.15) is 0 Å². The van der Waals surface area contributed by atoms with Gasteiger partial charge in [-0.25, -0.2) is 4.79 Å². The number of carbonyl (C=O) groups excluding carboxylic acids is 1. The van der Waals surface area contributed by atoms with E-state index in [1.54, 1.807) is 6.92 Å². The van der Waals surface area contributed by atoms with Gasteiger partial charge in [-0.1, -0.05) is 6.58 Å². The number of alkyl carbamates (subject to hydrolysis) is 1. The van der Waals surface area contributed by atoms with Crippen molar-refractivity contribution in [3.05, 3.63) is 12.3 Å². The largest absolute Gasteiger partial charge is 0.416 e. The highest BCUT2D eigenvalue weighted by Crippen LogP contribution is 2.09. The molecular formula is C9H16ClNO2.